The van der Waals surface area contributed by atoms with E-state index >= 15 is 0 Å². The SMILES string of the molecule is Cc1cnc(OC[C@@H]2CCC(=O)N2)c2cc(OC(C)C)c(C(N)=O)cc12. The Morgan fingerprint density at radius 2 is 2.15 bits per heavy atom. The predicted molar refractivity (Wildman–Crippen MR) is 97.4 cm³/mol. The first-order valence-electron chi connectivity index (χ1n) is 8.67. The van der Waals surface area contributed by atoms with Crippen LogP contribution in [0.4, 0.5) is 0 Å². The molecule has 138 valence electrons. The van der Waals surface area contributed by atoms with E-state index in [4.69, 9.17) is 15.2 Å². The molecule has 1 aromatic heterocycles. The summed E-state index contributed by atoms with van der Waals surface area (Å²) in [5.74, 6) is 0.344. The van der Waals surface area contributed by atoms with Crippen LogP contribution in [0.25, 0.3) is 10.8 Å². The smallest absolute Gasteiger partial charge is 0.252 e. The lowest BCUT2D eigenvalue weighted by Gasteiger charge is -2.17. The van der Waals surface area contributed by atoms with Crippen LogP contribution in [0.2, 0.25) is 0 Å². The third-order valence-corrected chi connectivity index (χ3v) is 4.28. The Labute approximate surface area is 151 Å². The van der Waals surface area contributed by atoms with Crippen molar-refractivity contribution in [3.8, 4) is 11.6 Å². The zero-order valence-electron chi connectivity index (χ0n) is 15.2. The van der Waals surface area contributed by atoms with Crippen molar-refractivity contribution in [2.24, 2.45) is 5.73 Å². The third kappa shape index (κ3) is 3.71. The number of ether oxygens (including phenoxy) is 2. The Hall–Kier alpha value is -2.83. The van der Waals surface area contributed by atoms with Crippen molar-refractivity contribution in [1.82, 2.24) is 10.3 Å². The van der Waals surface area contributed by atoms with Gasteiger partial charge >= 0.3 is 0 Å². The Bertz CT molecular complexity index is 863. The molecule has 26 heavy (non-hydrogen) atoms. The second kappa shape index (κ2) is 7.19. The number of nitrogens with zero attached hydrogens (tertiary/aromatic N) is 1. The average Bonchev–Trinajstić information content (AvgIpc) is 2.98. The molecule has 3 N–H and O–H groups in total. The van der Waals surface area contributed by atoms with Crippen molar-refractivity contribution in [2.45, 2.75) is 45.8 Å². The Morgan fingerprint density at radius 1 is 1.38 bits per heavy atom. The molecule has 7 nitrogen and oxygen atoms in total. The summed E-state index contributed by atoms with van der Waals surface area (Å²) in [4.78, 5) is 27.5. The molecule has 7 heteroatoms. The van der Waals surface area contributed by atoms with Crippen LogP contribution in [0, 0.1) is 6.92 Å². The summed E-state index contributed by atoms with van der Waals surface area (Å²) in [6, 6.07) is 3.45. The fourth-order valence-corrected chi connectivity index (χ4v) is 3.02. The first-order chi connectivity index (χ1) is 12.3. The average molecular weight is 357 g/mol. The van der Waals surface area contributed by atoms with E-state index in [-0.39, 0.29) is 18.1 Å². The van der Waals surface area contributed by atoms with E-state index in [9.17, 15) is 9.59 Å². The number of nitrogens with one attached hydrogen (secondary N) is 1. The van der Waals surface area contributed by atoms with Gasteiger partial charge in [-0.05, 0) is 50.3 Å². The molecule has 1 saturated heterocycles. The minimum absolute atomic E-state index is 0.0167. The molecule has 0 bridgehead atoms. The largest absolute Gasteiger partial charge is 0.490 e. The van der Waals surface area contributed by atoms with Gasteiger partial charge in [0, 0.05) is 18.0 Å². The Kier molecular flexibility index (Phi) is 4.97. The number of aryl methyl sites for hydroxylation is 1. The molecule has 1 aliphatic rings. The van der Waals surface area contributed by atoms with E-state index in [0.29, 0.717) is 30.2 Å². The molecule has 1 atom stereocenters. The molecule has 1 aromatic carbocycles. The minimum atomic E-state index is -0.546. The number of hydrogen-bond acceptors (Lipinski definition) is 5. The number of carbonyl (C=O) groups is 2. The number of fused-ring (bicyclic) bond motifs is 1. The first-order valence-corrected chi connectivity index (χ1v) is 8.67. The Morgan fingerprint density at radius 3 is 2.77 bits per heavy atom. The lowest BCUT2D eigenvalue weighted by molar-refractivity contribution is -0.119. The standard InChI is InChI=1S/C19H23N3O4/c1-10(2)26-16-7-14-13(6-15(16)18(20)24)11(3)8-21-19(14)25-9-12-4-5-17(23)22-12/h6-8,10,12H,4-5,9H2,1-3H3,(H2,20,24)(H,22,23)/t12-/m0/s1. The second-order valence-electron chi connectivity index (χ2n) is 6.79. The molecule has 1 fully saturated rings. The summed E-state index contributed by atoms with van der Waals surface area (Å²) in [7, 11) is 0. The molecule has 2 aromatic rings. The summed E-state index contributed by atoms with van der Waals surface area (Å²) < 4.78 is 11.6. The lowest BCUT2D eigenvalue weighted by Crippen LogP contribution is -2.31. The normalized spacial score (nSPS) is 16.8. The van der Waals surface area contributed by atoms with Crippen LogP contribution in [0.5, 0.6) is 11.6 Å². The number of nitrogens with two attached hydrogens (primary N) is 1. The zero-order valence-corrected chi connectivity index (χ0v) is 15.2. The summed E-state index contributed by atoms with van der Waals surface area (Å²) in [6.07, 6.45) is 2.85. The highest BCUT2D eigenvalue weighted by molar-refractivity contribution is 6.02. The zero-order chi connectivity index (χ0) is 18.8. The molecular weight excluding hydrogens is 334 g/mol. The van der Waals surface area contributed by atoms with E-state index < -0.39 is 5.91 Å². The van der Waals surface area contributed by atoms with Crippen LogP contribution in [0.1, 0.15) is 42.6 Å². The summed E-state index contributed by atoms with van der Waals surface area (Å²) in [5.41, 5.74) is 6.75. The molecule has 0 saturated carbocycles. The van der Waals surface area contributed by atoms with Crippen molar-refractivity contribution in [3.05, 3.63) is 29.5 Å². The van der Waals surface area contributed by atoms with Crippen molar-refractivity contribution in [1.29, 1.82) is 0 Å². The number of carbonyl (C=O) groups excluding carboxylic acids is 2. The highest BCUT2D eigenvalue weighted by atomic mass is 16.5. The van der Waals surface area contributed by atoms with Crippen molar-refractivity contribution in [3.63, 3.8) is 0 Å². The van der Waals surface area contributed by atoms with Crippen LogP contribution in [-0.4, -0.2) is 35.6 Å². The number of hydrogen-bond donors (Lipinski definition) is 2. The van der Waals surface area contributed by atoms with Crippen molar-refractivity contribution < 1.29 is 19.1 Å². The predicted octanol–water partition coefficient (Wildman–Crippen LogP) is 2.09. The fourth-order valence-electron chi connectivity index (χ4n) is 3.02. The van der Waals surface area contributed by atoms with Crippen LogP contribution < -0.4 is 20.5 Å². The van der Waals surface area contributed by atoms with Crippen molar-refractivity contribution in [2.75, 3.05) is 6.61 Å². The number of amides is 2. The molecule has 0 spiro atoms. The van der Waals surface area contributed by atoms with Gasteiger partial charge in [-0.3, -0.25) is 9.59 Å². The number of primary amides is 1. The maximum Gasteiger partial charge on any atom is 0.252 e. The maximum atomic E-state index is 11.8. The molecule has 0 radical (unpaired) electrons. The van der Waals surface area contributed by atoms with Gasteiger partial charge in [-0.15, -0.1) is 0 Å². The third-order valence-electron chi connectivity index (χ3n) is 4.28. The molecule has 2 heterocycles. The van der Waals surface area contributed by atoms with Crippen LogP contribution in [0.15, 0.2) is 18.3 Å². The lowest BCUT2D eigenvalue weighted by atomic mass is 10.0. The molecule has 3 rings (SSSR count). The van der Waals surface area contributed by atoms with Gasteiger partial charge in [-0.2, -0.15) is 0 Å². The molecule has 0 unspecified atom stereocenters. The maximum absolute atomic E-state index is 11.8. The quantitative estimate of drug-likeness (QED) is 0.824. The number of pyridine rings is 1. The second-order valence-corrected chi connectivity index (χ2v) is 6.79. The van der Waals surface area contributed by atoms with Crippen molar-refractivity contribution >= 4 is 22.6 Å². The van der Waals surface area contributed by atoms with Gasteiger partial charge in [0.2, 0.25) is 11.8 Å². The van der Waals surface area contributed by atoms with E-state index in [1.807, 2.05) is 20.8 Å². The van der Waals surface area contributed by atoms with E-state index in [1.165, 1.54) is 0 Å². The highest BCUT2D eigenvalue weighted by Crippen LogP contribution is 2.33. The monoisotopic (exact) mass is 357 g/mol. The topological polar surface area (TPSA) is 104 Å². The van der Waals surface area contributed by atoms with Gasteiger partial charge in [0.25, 0.3) is 5.91 Å². The van der Waals surface area contributed by atoms with Gasteiger partial charge in [0.05, 0.1) is 17.7 Å². The van der Waals surface area contributed by atoms with Gasteiger partial charge in [0.1, 0.15) is 12.4 Å². The summed E-state index contributed by atoms with van der Waals surface area (Å²) >= 11 is 0. The molecule has 0 aliphatic carbocycles. The van der Waals surface area contributed by atoms with Crippen LogP contribution in [-0.2, 0) is 4.79 Å². The minimum Gasteiger partial charge on any atom is -0.490 e. The highest BCUT2D eigenvalue weighted by Gasteiger charge is 2.22. The Balaban J connectivity index is 1.99. The van der Waals surface area contributed by atoms with E-state index in [2.05, 4.69) is 10.3 Å². The van der Waals surface area contributed by atoms with Crippen LogP contribution >= 0.6 is 0 Å². The molecule has 2 amide bonds. The van der Waals surface area contributed by atoms with Gasteiger partial charge in [-0.25, -0.2) is 4.98 Å². The van der Waals surface area contributed by atoms with Gasteiger partial charge in [-0.1, -0.05) is 0 Å². The van der Waals surface area contributed by atoms with Gasteiger partial charge in [0.15, 0.2) is 0 Å². The summed E-state index contributed by atoms with van der Waals surface area (Å²) in [6.45, 7) is 6.01. The van der Waals surface area contributed by atoms with Gasteiger partial charge < -0.3 is 20.5 Å². The van der Waals surface area contributed by atoms with E-state index in [0.717, 1.165) is 22.8 Å². The number of aromatic nitrogens is 1. The number of benzene rings is 1. The molecular formula is C19H23N3O4. The molecule has 1 aliphatic heterocycles. The van der Waals surface area contributed by atoms with Crippen LogP contribution in [0.3, 0.4) is 0 Å². The van der Waals surface area contributed by atoms with E-state index in [1.54, 1.807) is 18.3 Å². The number of rotatable bonds is 6. The first kappa shape index (κ1) is 18.0. The summed E-state index contributed by atoms with van der Waals surface area (Å²) in [5, 5.41) is 4.44. The fraction of sp³-hybridized carbons (Fsp3) is 0.421.